The minimum Gasteiger partial charge on any atom is -0.496 e. The Labute approximate surface area is 126 Å². The first-order chi connectivity index (χ1) is 9.44. The first-order valence-corrected chi connectivity index (χ1v) is 7.03. The molecule has 0 aliphatic carbocycles. The number of halogens is 2. The van der Waals surface area contributed by atoms with E-state index in [0.29, 0.717) is 22.2 Å². The van der Waals surface area contributed by atoms with E-state index in [-0.39, 0.29) is 5.82 Å². The molecule has 1 atom stereocenters. The highest BCUT2D eigenvalue weighted by molar-refractivity contribution is 9.10. The third-order valence-electron chi connectivity index (χ3n) is 3.24. The zero-order chi connectivity index (χ0) is 14.8. The van der Waals surface area contributed by atoms with Gasteiger partial charge in [-0.25, -0.2) is 4.39 Å². The Morgan fingerprint density at radius 3 is 2.60 bits per heavy atom. The van der Waals surface area contributed by atoms with Crippen LogP contribution in [0.3, 0.4) is 0 Å². The summed E-state index contributed by atoms with van der Waals surface area (Å²) in [5.74, 6) is 0.327. The molecule has 106 valence electrons. The van der Waals surface area contributed by atoms with Crippen LogP contribution in [0.1, 0.15) is 18.1 Å². The van der Waals surface area contributed by atoms with Gasteiger partial charge in [-0.05, 0) is 30.7 Å². The quantitative estimate of drug-likeness (QED) is 0.911. The minimum absolute atomic E-state index is 0.308. The topological polar surface area (TPSA) is 29.5 Å². The Morgan fingerprint density at radius 2 is 1.95 bits per heavy atom. The molecular formula is C16H16BrFO2. The molecule has 0 heterocycles. The molecule has 20 heavy (non-hydrogen) atoms. The van der Waals surface area contributed by atoms with Crippen molar-refractivity contribution in [1.82, 2.24) is 0 Å². The van der Waals surface area contributed by atoms with Gasteiger partial charge in [-0.2, -0.15) is 0 Å². The van der Waals surface area contributed by atoms with Crippen LogP contribution in [0.2, 0.25) is 0 Å². The average Bonchev–Trinajstić information content (AvgIpc) is 2.42. The Hall–Kier alpha value is -1.39. The maximum absolute atomic E-state index is 13.1. The first kappa shape index (κ1) is 15.0. The van der Waals surface area contributed by atoms with Gasteiger partial charge < -0.3 is 9.84 Å². The highest BCUT2D eigenvalue weighted by Crippen LogP contribution is 2.34. The van der Waals surface area contributed by atoms with E-state index in [0.717, 1.165) is 5.56 Å². The van der Waals surface area contributed by atoms with Crippen molar-refractivity contribution in [1.29, 1.82) is 0 Å². The molecule has 0 saturated carbocycles. The van der Waals surface area contributed by atoms with Crippen LogP contribution in [0.25, 0.3) is 0 Å². The zero-order valence-electron chi connectivity index (χ0n) is 11.4. The van der Waals surface area contributed by atoms with E-state index >= 15 is 0 Å². The maximum atomic E-state index is 13.1. The van der Waals surface area contributed by atoms with Crippen LogP contribution < -0.4 is 4.74 Å². The lowest BCUT2D eigenvalue weighted by Crippen LogP contribution is -2.25. The molecule has 2 aromatic rings. The number of aliphatic hydroxyl groups is 1. The smallest absolute Gasteiger partial charge is 0.124 e. The summed E-state index contributed by atoms with van der Waals surface area (Å²) in [4.78, 5) is 0. The molecule has 2 aromatic carbocycles. The van der Waals surface area contributed by atoms with E-state index in [2.05, 4.69) is 15.9 Å². The number of rotatable bonds is 4. The summed E-state index contributed by atoms with van der Waals surface area (Å²) in [5.41, 5.74) is 0.438. The van der Waals surface area contributed by atoms with Gasteiger partial charge in [0.2, 0.25) is 0 Å². The van der Waals surface area contributed by atoms with Crippen molar-refractivity contribution >= 4 is 15.9 Å². The van der Waals surface area contributed by atoms with Crippen LogP contribution >= 0.6 is 15.9 Å². The minimum atomic E-state index is -1.10. The van der Waals surface area contributed by atoms with Crippen molar-refractivity contribution in [2.45, 2.75) is 18.9 Å². The zero-order valence-corrected chi connectivity index (χ0v) is 12.9. The summed E-state index contributed by atoms with van der Waals surface area (Å²) in [7, 11) is 1.57. The van der Waals surface area contributed by atoms with Crippen LogP contribution in [0.4, 0.5) is 4.39 Å². The molecular weight excluding hydrogens is 323 g/mol. The molecule has 0 saturated heterocycles. The molecule has 1 N–H and O–H groups in total. The van der Waals surface area contributed by atoms with Crippen LogP contribution in [0, 0.1) is 5.82 Å². The lowest BCUT2D eigenvalue weighted by atomic mass is 9.88. The fourth-order valence-electron chi connectivity index (χ4n) is 2.22. The average molecular weight is 339 g/mol. The second-order valence-electron chi connectivity index (χ2n) is 4.89. The number of benzene rings is 2. The summed E-state index contributed by atoms with van der Waals surface area (Å²) in [6.45, 7) is 1.72. The van der Waals surface area contributed by atoms with Gasteiger partial charge in [0.1, 0.15) is 11.6 Å². The Kier molecular flexibility index (Phi) is 4.45. The largest absolute Gasteiger partial charge is 0.496 e. The van der Waals surface area contributed by atoms with E-state index in [4.69, 9.17) is 4.74 Å². The fourth-order valence-corrected chi connectivity index (χ4v) is 2.71. The standard InChI is InChI=1S/C16H16BrFO2/c1-16(19,13-5-3-4-6-15(13)20-2)10-11-7-8-12(18)9-14(11)17/h3-9,19H,10H2,1-2H3. The van der Waals surface area contributed by atoms with Crippen LogP contribution in [0.15, 0.2) is 46.9 Å². The molecule has 2 rings (SSSR count). The Morgan fingerprint density at radius 1 is 1.25 bits per heavy atom. The number of para-hydroxylation sites is 1. The van der Waals surface area contributed by atoms with Gasteiger partial charge in [0, 0.05) is 16.5 Å². The van der Waals surface area contributed by atoms with Gasteiger partial charge in [-0.15, -0.1) is 0 Å². The highest BCUT2D eigenvalue weighted by Gasteiger charge is 2.27. The molecule has 0 aliphatic rings. The lowest BCUT2D eigenvalue weighted by molar-refractivity contribution is 0.0548. The predicted octanol–water partition coefficient (Wildman–Crippen LogP) is 4.05. The third kappa shape index (κ3) is 3.19. The van der Waals surface area contributed by atoms with E-state index < -0.39 is 5.60 Å². The second-order valence-corrected chi connectivity index (χ2v) is 5.74. The fraction of sp³-hybridized carbons (Fsp3) is 0.250. The molecule has 0 aliphatic heterocycles. The molecule has 2 nitrogen and oxygen atoms in total. The van der Waals surface area contributed by atoms with Gasteiger partial charge in [-0.3, -0.25) is 0 Å². The van der Waals surface area contributed by atoms with Gasteiger partial charge in [0.15, 0.2) is 0 Å². The molecule has 0 radical (unpaired) electrons. The van der Waals surface area contributed by atoms with Gasteiger partial charge >= 0.3 is 0 Å². The summed E-state index contributed by atoms with van der Waals surface area (Å²) in [6, 6.07) is 11.8. The first-order valence-electron chi connectivity index (χ1n) is 6.24. The molecule has 1 unspecified atom stereocenters. The van der Waals surface area contributed by atoms with E-state index in [1.165, 1.54) is 12.1 Å². The van der Waals surface area contributed by atoms with Gasteiger partial charge in [0.05, 0.1) is 12.7 Å². The van der Waals surface area contributed by atoms with Crippen LogP contribution in [0.5, 0.6) is 5.75 Å². The molecule has 0 aromatic heterocycles. The lowest BCUT2D eigenvalue weighted by Gasteiger charge is -2.26. The van der Waals surface area contributed by atoms with Gasteiger partial charge in [0.25, 0.3) is 0 Å². The monoisotopic (exact) mass is 338 g/mol. The normalized spacial score (nSPS) is 13.8. The third-order valence-corrected chi connectivity index (χ3v) is 3.98. The maximum Gasteiger partial charge on any atom is 0.124 e. The summed E-state index contributed by atoms with van der Waals surface area (Å²) >= 11 is 3.33. The molecule has 4 heteroatoms. The summed E-state index contributed by atoms with van der Waals surface area (Å²) in [5, 5.41) is 10.8. The molecule has 0 spiro atoms. The van der Waals surface area contributed by atoms with Crippen LogP contribution in [-0.2, 0) is 12.0 Å². The number of hydrogen-bond donors (Lipinski definition) is 1. The van der Waals surface area contributed by atoms with Gasteiger partial charge in [-0.1, -0.05) is 40.2 Å². The van der Waals surface area contributed by atoms with Crippen molar-refractivity contribution in [3.05, 3.63) is 63.9 Å². The number of methoxy groups -OCH3 is 1. The highest BCUT2D eigenvalue weighted by atomic mass is 79.9. The van der Waals surface area contributed by atoms with Crippen molar-refractivity contribution in [3.8, 4) is 5.75 Å². The van der Waals surface area contributed by atoms with Crippen molar-refractivity contribution < 1.29 is 14.2 Å². The van der Waals surface area contributed by atoms with Crippen molar-refractivity contribution in [2.24, 2.45) is 0 Å². The molecule has 0 amide bonds. The molecule has 0 fully saturated rings. The van der Waals surface area contributed by atoms with E-state index in [1.54, 1.807) is 20.1 Å². The van der Waals surface area contributed by atoms with E-state index in [1.807, 2.05) is 24.3 Å². The second kappa shape index (κ2) is 5.94. The number of hydrogen-bond acceptors (Lipinski definition) is 2. The van der Waals surface area contributed by atoms with E-state index in [9.17, 15) is 9.50 Å². The molecule has 0 bridgehead atoms. The van der Waals surface area contributed by atoms with Crippen molar-refractivity contribution in [3.63, 3.8) is 0 Å². The predicted molar refractivity (Wildman–Crippen MR) is 80.4 cm³/mol. The van der Waals surface area contributed by atoms with Crippen molar-refractivity contribution in [2.75, 3.05) is 7.11 Å². The summed E-state index contributed by atoms with van der Waals surface area (Å²) in [6.07, 6.45) is 0.355. The Bertz CT molecular complexity index is 611. The number of ether oxygens (including phenoxy) is 1. The van der Waals surface area contributed by atoms with Crippen LogP contribution in [-0.4, -0.2) is 12.2 Å². The summed E-state index contributed by atoms with van der Waals surface area (Å²) < 4.78 is 19.0. The SMILES string of the molecule is COc1ccccc1C(C)(O)Cc1ccc(F)cc1Br. The Balaban J connectivity index is 2.35.